The van der Waals surface area contributed by atoms with Gasteiger partial charge < -0.3 is 11.5 Å². The van der Waals surface area contributed by atoms with Crippen molar-refractivity contribution in [2.45, 2.75) is 52.6 Å². The Balaban J connectivity index is -0.00000112. The maximum absolute atomic E-state index is 6.01. The van der Waals surface area contributed by atoms with Crippen LogP contribution in [-0.4, -0.2) is 23.6 Å². The Bertz CT molecular complexity index is 154. The van der Waals surface area contributed by atoms with E-state index in [0.29, 0.717) is 23.9 Å². The first kappa shape index (κ1) is 24.2. The highest BCUT2D eigenvalue weighted by Crippen LogP contribution is 2.24. The maximum atomic E-state index is 6.01. The first-order valence-electron chi connectivity index (χ1n) is 6.17. The number of hydrogen-bond acceptors (Lipinski definition) is 4. The highest BCUT2D eigenvalue weighted by atomic mass is 35.5. The molecule has 0 aliphatic rings. The summed E-state index contributed by atoms with van der Waals surface area (Å²) in [5, 5.41) is 0. The van der Waals surface area contributed by atoms with E-state index in [0.717, 1.165) is 24.3 Å². The monoisotopic (exact) mass is 336 g/mol. The fourth-order valence-electron chi connectivity index (χ4n) is 1.62. The molecule has 18 heavy (non-hydrogen) atoms. The fraction of sp³-hybridized carbons (Fsp3) is 1.00. The van der Waals surface area contributed by atoms with Gasteiger partial charge in [-0.2, -0.15) is 0 Å². The molecule has 4 N–H and O–H groups in total. The van der Waals surface area contributed by atoms with Gasteiger partial charge in [0.1, 0.15) is 0 Å². The first-order valence-corrected chi connectivity index (χ1v) is 8.66. The summed E-state index contributed by atoms with van der Waals surface area (Å²) in [6, 6.07) is 0.664. The second-order valence-corrected chi connectivity index (χ2v) is 7.90. The third-order valence-electron chi connectivity index (χ3n) is 2.20. The molecule has 0 saturated heterocycles. The molecule has 2 atom stereocenters. The standard InChI is InChI=1S/C12H28N2S2.2ClH/c1-9(2)5-11(13)7-15-16-8-12(14)6-10(3)4;;/h9-12H,5-8,13-14H2,1-4H3;2*1H/t11-,12-;;/m0../s1. The molecule has 0 aromatic heterocycles. The molecule has 114 valence electrons. The Morgan fingerprint density at radius 1 is 0.722 bits per heavy atom. The van der Waals surface area contributed by atoms with Crippen LogP contribution in [0.5, 0.6) is 0 Å². The lowest BCUT2D eigenvalue weighted by molar-refractivity contribution is 0.524. The van der Waals surface area contributed by atoms with Crippen molar-refractivity contribution < 1.29 is 0 Å². The summed E-state index contributed by atoms with van der Waals surface area (Å²) in [7, 11) is 3.74. The Hall–Kier alpha value is 1.20. The van der Waals surface area contributed by atoms with E-state index in [1.165, 1.54) is 0 Å². The predicted molar refractivity (Wildman–Crippen MR) is 94.3 cm³/mol. The molecule has 0 amide bonds. The Morgan fingerprint density at radius 3 is 1.22 bits per heavy atom. The number of rotatable bonds is 9. The zero-order valence-corrected chi connectivity index (χ0v) is 15.2. The Labute approximate surface area is 133 Å². The van der Waals surface area contributed by atoms with Crippen molar-refractivity contribution in [3.63, 3.8) is 0 Å². The average molecular weight is 337 g/mol. The van der Waals surface area contributed by atoms with Crippen LogP contribution >= 0.6 is 46.4 Å². The molecule has 0 aromatic rings. The largest absolute Gasteiger partial charge is 0.327 e. The van der Waals surface area contributed by atoms with E-state index in [1.807, 2.05) is 21.6 Å². The summed E-state index contributed by atoms with van der Waals surface area (Å²) in [5.41, 5.74) is 12.0. The molecular formula is C12H30Cl2N2S2. The molecule has 0 aliphatic heterocycles. The zero-order chi connectivity index (χ0) is 12.6. The van der Waals surface area contributed by atoms with Gasteiger partial charge in [-0.1, -0.05) is 49.3 Å². The molecule has 0 heterocycles. The van der Waals surface area contributed by atoms with Crippen molar-refractivity contribution in [2.24, 2.45) is 23.3 Å². The van der Waals surface area contributed by atoms with Crippen molar-refractivity contribution in [1.29, 1.82) is 0 Å². The minimum Gasteiger partial charge on any atom is -0.327 e. The molecule has 6 heteroatoms. The maximum Gasteiger partial charge on any atom is 0.0189 e. The van der Waals surface area contributed by atoms with E-state index in [4.69, 9.17) is 11.5 Å². The van der Waals surface area contributed by atoms with Crippen LogP contribution < -0.4 is 11.5 Å². The third kappa shape index (κ3) is 17.2. The van der Waals surface area contributed by atoms with Gasteiger partial charge in [0.15, 0.2) is 0 Å². The summed E-state index contributed by atoms with van der Waals surface area (Å²) < 4.78 is 0. The molecule has 0 fully saturated rings. The SMILES string of the molecule is CC(C)C[C@H](N)CSSC[C@@H](N)CC(C)C.Cl.Cl. The van der Waals surface area contributed by atoms with Crippen LogP contribution in [-0.2, 0) is 0 Å². The van der Waals surface area contributed by atoms with Crippen LogP contribution in [0, 0.1) is 11.8 Å². The molecule has 0 bridgehead atoms. The topological polar surface area (TPSA) is 52.0 Å². The average Bonchev–Trinajstić information content (AvgIpc) is 2.10. The number of hydrogen-bond donors (Lipinski definition) is 2. The summed E-state index contributed by atoms with van der Waals surface area (Å²) in [6.45, 7) is 8.87. The third-order valence-corrected chi connectivity index (χ3v) is 4.81. The lowest BCUT2D eigenvalue weighted by Gasteiger charge is -2.15. The van der Waals surface area contributed by atoms with Gasteiger partial charge in [0.25, 0.3) is 0 Å². The van der Waals surface area contributed by atoms with Gasteiger partial charge in [-0.25, -0.2) is 0 Å². The second-order valence-electron chi connectivity index (χ2n) is 5.35. The van der Waals surface area contributed by atoms with Crippen LogP contribution in [0.1, 0.15) is 40.5 Å². The predicted octanol–water partition coefficient (Wildman–Crippen LogP) is 3.96. The van der Waals surface area contributed by atoms with Gasteiger partial charge in [-0.15, -0.1) is 24.8 Å². The smallest absolute Gasteiger partial charge is 0.0189 e. The van der Waals surface area contributed by atoms with Gasteiger partial charge in [-0.05, 0) is 24.7 Å². The molecule has 2 nitrogen and oxygen atoms in total. The first-order chi connectivity index (χ1) is 7.41. The van der Waals surface area contributed by atoms with Crippen LogP contribution in [0.15, 0.2) is 0 Å². The summed E-state index contributed by atoms with van der Waals surface area (Å²) in [5.74, 6) is 3.47. The lowest BCUT2D eigenvalue weighted by atomic mass is 10.1. The summed E-state index contributed by atoms with van der Waals surface area (Å²) >= 11 is 0. The molecule has 0 aromatic carbocycles. The minimum absolute atomic E-state index is 0. The van der Waals surface area contributed by atoms with Crippen molar-refractivity contribution in [3.8, 4) is 0 Å². The summed E-state index contributed by atoms with van der Waals surface area (Å²) in [4.78, 5) is 0. The van der Waals surface area contributed by atoms with E-state index in [-0.39, 0.29) is 24.8 Å². The van der Waals surface area contributed by atoms with Crippen molar-refractivity contribution >= 4 is 46.4 Å². The van der Waals surface area contributed by atoms with Crippen LogP contribution in [0.25, 0.3) is 0 Å². The van der Waals surface area contributed by atoms with Crippen molar-refractivity contribution in [3.05, 3.63) is 0 Å². The van der Waals surface area contributed by atoms with E-state index in [9.17, 15) is 0 Å². The van der Waals surface area contributed by atoms with E-state index in [2.05, 4.69) is 27.7 Å². The summed E-state index contributed by atoms with van der Waals surface area (Å²) in [6.07, 6.45) is 2.23. The van der Waals surface area contributed by atoms with Gasteiger partial charge in [0.05, 0.1) is 0 Å². The fourth-order valence-corrected chi connectivity index (χ4v) is 4.06. The normalized spacial score (nSPS) is 14.0. The molecule has 0 saturated carbocycles. The zero-order valence-electron chi connectivity index (χ0n) is 11.9. The molecular weight excluding hydrogens is 307 g/mol. The van der Waals surface area contributed by atoms with Gasteiger partial charge in [0, 0.05) is 23.6 Å². The van der Waals surface area contributed by atoms with E-state index < -0.39 is 0 Å². The molecule has 0 unspecified atom stereocenters. The Morgan fingerprint density at radius 2 is 1.00 bits per heavy atom. The van der Waals surface area contributed by atoms with Crippen LogP contribution in [0.2, 0.25) is 0 Å². The highest BCUT2D eigenvalue weighted by molar-refractivity contribution is 8.76. The van der Waals surface area contributed by atoms with Crippen LogP contribution in [0.3, 0.4) is 0 Å². The van der Waals surface area contributed by atoms with Gasteiger partial charge in [0.2, 0.25) is 0 Å². The molecule has 0 spiro atoms. The van der Waals surface area contributed by atoms with Crippen LogP contribution in [0.4, 0.5) is 0 Å². The van der Waals surface area contributed by atoms with Gasteiger partial charge in [-0.3, -0.25) is 0 Å². The Kier molecular flexibility index (Phi) is 19.7. The number of halogens is 2. The van der Waals surface area contributed by atoms with Crippen molar-refractivity contribution in [2.75, 3.05) is 11.5 Å². The van der Waals surface area contributed by atoms with E-state index in [1.54, 1.807) is 0 Å². The highest BCUT2D eigenvalue weighted by Gasteiger charge is 2.08. The minimum atomic E-state index is 0. The van der Waals surface area contributed by atoms with Crippen molar-refractivity contribution in [1.82, 2.24) is 0 Å². The lowest BCUT2D eigenvalue weighted by Crippen LogP contribution is -2.26. The molecule has 0 aliphatic carbocycles. The van der Waals surface area contributed by atoms with Gasteiger partial charge >= 0.3 is 0 Å². The second kappa shape index (κ2) is 14.6. The quantitative estimate of drug-likeness (QED) is 0.494. The van der Waals surface area contributed by atoms with E-state index >= 15 is 0 Å². The number of nitrogens with two attached hydrogens (primary N) is 2. The molecule has 0 rings (SSSR count). The molecule has 0 radical (unpaired) electrons.